The van der Waals surface area contributed by atoms with E-state index in [2.05, 4.69) is 25.0 Å². The van der Waals surface area contributed by atoms with Crippen molar-refractivity contribution in [2.45, 2.75) is 69.4 Å². The number of fused-ring (bicyclic) bond motifs is 5. The highest BCUT2D eigenvalue weighted by molar-refractivity contribution is 6.76. The molecule has 0 aliphatic carbocycles. The summed E-state index contributed by atoms with van der Waals surface area (Å²) in [6.07, 6.45) is -5.25. The van der Waals surface area contributed by atoms with Crippen LogP contribution in [0.2, 0.25) is 25.7 Å². The number of carbonyl (C=O) groups is 3. The van der Waals surface area contributed by atoms with Crippen molar-refractivity contribution in [1.29, 1.82) is 5.26 Å². The largest absolute Gasteiger partial charge is 0.450 e. The Kier molecular flexibility index (Phi) is 6.04. The van der Waals surface area contributed by atoms with Crippen LogP contribution in [0.5, 0.6) is 0 Å². The molecule has 36 heavy (non-hydrogen) atoms. The molecule has 0 radical (unpaired) electrons. The summed E-state index contributed by atoms with van der Waals surface area (Å²) < 4.78 is 52.0. The van der Waals surface area contributed by atoms with E-state index in [1.54, 1.807) is 13.8 Å². The van der Waals surface area contributed by atoms with E-state index in [4.69, 9.17) is 14.7 Å². The second-order valence-corrected chi connectivity index (χ2v) is 16.9. The van der Waals surface area contributed by atoms with Gasteiger partial charge in [-0.1, -0.05) is 19.6 Å². The molecule has 0 saturated carbocycles. The van der Waals surface area contributed by atoms with E-state index in [0.29, 0.717) is 6.07 Å². The number of alkyl carbamates (subject to hydrolysis) is 1. The second-order valence-electron chi connectivity index (χ2n) is 11.3. The molecule has 8 nitrogen and oxygen atoms in total. The number of ether oxygens (including phenoxy) is 2. The van der Waals surface area contributed by atoms with Crippen LogP contribution < -0.4 is 10.2 Å². The van der Waals surface area contributed by atoms with Gasteiger partial charge in [0.05, 0.1) is 58.6 Å². The number of anilines is 1. The minimum atomic E-state index is -4.84. The zero-order chi connectivity index (χ0) is 26.8. The first-order chi connectivity index (χ1) is 16.5. The second kappa shape index (κ2) is 8.31. The molecule has 3 fully saturated rings. The maximum atomic E-state index is 13.5. The summed E-state index contributed by atoms with van der Waals surface area (Å²) in [5, 5.41) is 11.8. The summed E-state index contributed by atoms with van der Waals surface area (Å²) in [5.41, 5.74) is -4.44. The third-order valence-corrected chi connectivity index (χ3v) is 9.10. The predicted molar refractivity (Wildman–Crippen MR) is 125 cm³/mol. The van der Waals surface area contributed by atoms with Gasteiger partial charge in [0, 0.05) is 14.5 Å². The number of amides is 3. The van der Waals surface area contributed by atoms with Gasteiger partial charge in [0.25, 0.3) is 0 Å². The third-order valence-electron chi connectivity index (χ3n) is 7.40. The van der Waals surface area contributed by atoms with Crippen LogP contribution in [-0.4, -0.2) is 49.8 Å². The Morgan fingerprint density at radius 1 is 1.25 bits per heavy atom. The van der Waals surface area contributed by atoms with Crippen molar-refractivity contribution >= 4 is 31.7 Å². The summed E-state index contributed by atoms with van der Waals surface area (Å²) in [7, 11) is -1.41. The van der Waals surface area contributed by atoms with Crippen molar-refractivity contribution in [1.82, 2.24) is 5.32 Å². The monoisotopic (exact) mass is 523 g/mol. The van der Waals surface area contributed by atoms with Gasteiger partial charge in [0.2, 0.25) is 11.8 Å². The van der Waals surface area contributed by atoms with E-state index in [1.807, 2.05) is 0 Å². The Bertz CT molecular complexity index is 1180. The van der Waals surface area contributed by atoms with Crippen LogP contribution >= 0.6 is 0 Å². The van der Waals surface area contributed by atoms with Crippen LogP contribution in [0, 0.1) is 23.2 Å². The van der Waals surface area contributed by atoms with Crippen molar-refractivity contribution < 1.29 is 37.0 Å². The number of rotatable bonds is 5. The van der Waals surface area contributed by atoms with Gasteiger partial charge in [-0.2, -0.15) is 18.4 Å². The topological polar surface area (TPSA) is 109 Å². The molecule has 3 amide bonds. The molecule has 12 heteroatoms. The molecule has 3 heterocycles. The fourth-order valence-electron chi connectivity index (χ4n) is 5.64. The molecular formula is C24H28F3N3O5Si. The maximum Gasteiger partial charge on any atom is 0.417 e. The molecule has 5 atom stereocenters. The van der Waals surface area contributed by atoms with Gasteiger partial charge in [-0.15, -0.1) is 0 Å². The van der Waals surface area contributed by atoms with Crippen LogP contribution in [0.4, 0.5) is 23.7 Å². The molecule has 0 aromatic heterocycles. The average Bonchev–Trinajstić information content (AvgIpc) is 3.26. The van der Waals surface area contributed by atoms with Crippen LogP contribution in [0.1, 0.15) is 31.4 Å². The lowest BCUT2D eigenvalue weighted by Gasteiger charge is -2.35. The first kappa shape index (κ1) is 26.2. The number of hydrogen-bond acceptors (Lipinski definition) is 6. The standard InChI is InChI=1S/C24H28F3N3O5Si/c1-22-11-16(29-21(33)34-8-9-36(3,4)5)23(2,35-22)18-17(22)19(31)30(20(18)32)14-7-6-13(12-28)15(10-14)24(25,26)27/h6-7,10,16-18H,8-9,11H2,1-5H3,(H,29,33)/t16-,17-,18+,22?,23?/m1/s1. The summed E-state index contributed by atoms with van der Waals surface area (Å²) >= 11 is 0. The lowest BCUT2D eigenvalue weighted by molar-refractivity contribution is -0.138. The Balaban J connectivity index is 1.59. The number of imide groups is 1. The highest BCUT2D eigenvalue weighted by atomic mass is 28.3. The van der Waals surface area contributed by atoms with Crippen LogP contribution in [0.15, 0.2) is 18.2 Å². The summed E-state index contributed by atoms with van der Waals surface area (Å²) in [4.78, 5) is 40.1. The summed E-state index contributed by atoms with van der Waals surface area (Å²) in [6, 6.07) is 4.39. The first-order valence-corrected chi connectivity index (χ1v) is 15.4. The Hall–Kier alpha value is -2.91. The molecule has 3 saturated heterocycles. The Morgan fingerprint density at radius 3 is 2.47 bits per heavy atom. The van der Waals surface area contributed by atoms with Crippen molar-refractivity contribution in [3.8, 4) is 6.07 Å². The fourth-order valence-corrected chi connectivity index (χ4v) is 6.36. The normalized spacial score (nSPS) is 31.4. The fraction of sp³-hybridized carbons (Fsp3) is 0.583. The number of halogens is 3. The Morgan fingerprint density at radius 2 is 1.89 bits per heavy atom. The van der Waals surface area contributed by atoms with E-state index in [0.717, 1.165) is 23.1 Å². The van der Waals surface area contributed by atoms with Crippen LogP contribution in [0.3, 0.4) is 0 Å². The third kappa shape index (κ3) is 4.18. The zero-order valence-electron chi connectivity index (χ0n) is 20.7. The van der Waals surface area contributed by atoms with Gasteiger partial charge in [-0.3, -0.25) is 9.59 Å². The molecule has 1 N–H and O–H groups in total. The molecule has 3 aliphatic heterocycles. The number of nitrogens with zero attached hydrogens (tertiary/aromatic N) is 2. The van der Waals surface area contributed by atoms with Crippen molar-refractivity contribution in [2.24, 2.45) is 11.8 Å². The van der Waals surface area contributed by atoms with E-state index >= 15 is 0 Å². The minimum Gasteiger partial charge on any atom is -0.450 e. The number of carbonyl (C=O) groups excluding carboxylic acids is 3. The molecule has 3 aliphatic rings. The van der Waals surface area contributed by atoms with Gasteiger partial charge >= 0.3 is 12.3 Å². The van der Waals surface area contributed by atoms with Crippen molar-refractivity contribution in [3.05, 3.63) is 29.3 Å². The number of hydrogen-bond donors (Lipinski definition) is 1. The molecule has 194 valence electrons. The maximum absolute atomic E-state index is 13.5. The SMILES string of the molecule is CC12C[C@@H](NC(=O)OCC[Si](C)(C)C)C(C)(O1)[C@@H]1C(=O)N(c3ccc(C#N)c(C(F)(F)F)c3)C(=O)[C@@H]12. The highest BCUT2D eigenvalue weighted by Gasteiger charge is 2.76. The zero-order valence-corrected chi connectivity index (χ0v) is 21.7. The number of benzene rings is 1. The van der Waals surface area contributed by atoms with Gasteiger partial charge in [0.1, 0.15) is 0 Å². The lowest BCUT2D eigenvalue weighted by Crippen LogP contribution is -2.56. The number of nitriles is 1. The van der Waals surface area contributed by atoms with E-state index in [-0.39, 0.29) is 18.7 Å². The van der Waals surface area contributed by atoms with Crippen molar-refractivity contribution in [3.63, 3.8) is 0 Å². The Labute approximate surface area is 207 Å². The van der Waals surface area contributed by atoms with Gasteiger partial charge in [-0.05, 0) is 38.1 Å². The van der Waals surface area contributed by atoms with E-state index < -0.39 is 72.4 Å². The van der Waals surface area contributed by atoms with Crippen LogP contribution in [0.25, 0.3) is 0 Å². The van der Waals surface area contributed by atoms with Crippen molar-refractivity contribution in [2.75, 3.05) is 11.5 Å². The quantitative estimate of drug-likeness (QED) is 0.461. The first-order valence-electron chi connectivity index (χ1n) is 11.6. The molecular weight excluding hydrogens is 495 g/mol. The van der Waals surface area contributed by atoms with Gasteiger partial charge in [-0.25, -0.2) is 9.69 Å². The van der Waals surface area contributed by atoms with Crippen LogP contribution in [-0.2, 0) is 25.2 Å². The number of alkyl halides is 3. The predicted octanol–water partition coefficient (Wildman–Crippen LogP) is 4.07. The number of nitrogens with one attached hydrogen (secondary N) is 1. The minimum absolute atomic E-state index is 0.238. The summed E-state index contributed by atoms with van der Waals surface area (Å²) in [6.45, 7) is 10.0. The summed E-state index contributed by atoms with van der Waals surface area (Å²) in [5.74, 6) is -3.28. The smallest absolute Gasteiger partial charge is 0.417 e. The molecule has 1 aromatic rings. The van der Waals surface area contributed by atoms with E-state index in [1.165, 1.54) is 6.07 Å². The molecule has 2 bridgehead atoms. The molecule has 1 aromatic carbocycles. The molecule has 2 unspecified atom stereocenters. The van der Waals surface area contributed by atoms with Gasteiger partial charge < -0.3 is 14.8 Å². The molecule has 4 rings (SSSR count). The molecule has 0 spiro atoms. The van der Waals surface area contributed by atoms with Gasteiger partial charge in [0.15, 0.2) is 0 Å². The van der Waals surface area contributed by atoms with E-state index in [9.17, 15) is 27.6 Å². The lowest BCUT2D eigenvalue weighted by atomic mass is 9.66. The highest BCUT2D eigenvalue weighted by Crippen LogP contribution is 2.61. The average molecular weight is 524 g/mol.